The maximum atomic E-state index is 13.2. The molecule has 0 saturated heterocycles. The third kappa shape index (κ3) is 9.35. The molecule has 210 valence electrons. The van der Waals surface area contributed by atoms with Crippen LogP contribution in [0, 0.1) is 6.92 Å². The molecule has 9 heteroatoms. The Morgan fingerprint density at radius 1 is 1.05 bits per heavy atom. The van der Waals surface area contributed by atoms with Crippen LogP contribution in [0.4, 0.5) is 4.79 Å². The average molecular weight is 539 g/mol. The highest BCUT2D eigenvalue weighted by molar-refractivity contribution is 5.85. The summed E-state index contributed by atoms with van der Waals surface area (Å²) in [5, 5.41) is 15.7. The van der Waals surface area contributed by atoms with Crippen molar-refractivity contribution in [3.05, 3.63) is 69.8 Å². The molecule has 0 spiro atoms. The van der Waals surface area contributed by atoms with E-state index < -0.39 is 11.7 Å². The highest BCUT2D eigenvalue weighted by atomic mass is 16.6. The lowest BCUT2D eigenvalue weighted by atomic mass is 10.0. The molecule has 0 unspecified atom stereocenters. The zero-order valence-corrected chi connectivity index (χ0v) is 23.1. The summed E-state index contributed by atoms with van der Waals surface area (Å²) in [4.78, 5) is 37.0. The number of fused-ring (bicyclic) bond motifs is 1. The van der Waals surface area contributed by atoms with Crippen molar-refractivity contribution in [2.45, 2.75) is 65.4 Å². The minimum absolute atomic E-state index is 0.127. The zero-order valence-electron chi connectivity index (χ0n) is 23.1. The molecular formula is C30H38N2O7. The van der Waals surface area contributed by atoms with Crippen molar-refractivity contribution < 1.29 is 28.6 Å². The maximum Gasteiger partial charge on any atom is 0.407 e. The van der Waals surface area contributed by atoms with E-state index in [9.17, 15) is 19.5 Å². The second-order valence-electron chi connectivity index (χ2n) is 10.5. The molecule has 0 fully saturated rings. The van der Waals surface area contributed by atoms with Gasteiger partial charge in [0.25, 0.3) is 5.91 Å². The number of benzene rings is 1. The van der Waals surface area contributed by atoms with E-state index in [0.29, 0.717) is 47.4 Å². The number of aliphatic hydroxyl groups is 1. The lowest BCUT2D eigenvalue weighted by molar-refractivity contribution is -0.123. The minimum atomic E-state index is -0.506. The fourth-order valence-electron chi connectivity index (χ4n) is 4.07. The Hall–Kier alpha value is -4.01. The predicted octanol–water partition coefficient (Wildman–Crippen LogP) is 5.47. The molecule has 39 heavy (non-hydrogen) atoms. The standard InChI is InChI=1S/C30H38N2O7/c1-20-16-23(17-25-27(20)28(35)24(18-38-25)21-10-9-11-22(33)13-12-21)37-19-26(34)31-14-7-5-6-8-15-32-29(36)39-30(2,3)4/h9,11-13,16-18,33H,5-8,10,14-15,19H2,1-4H3,(H,31,34)(H,32,36). The van der Waals surface area contributed by atoms with E-state index in [2.05, 4.69) is 10.6 Å². The molecule has 9 nitrogen and oxygen atoms in total. The van der Waals surface area contributed by atoms with E-state index >= 15 is 0 Å². The SMILES string of the molecule is Cc1cc(OCC(=O)NCCCCCCNC(=O)OC(C)(C)C)cc2occ(C3=CC=C(O)C=CC3)c(=O)c12. The van der Waals surface area contributed by atoms with Gasteiger partial charge in [0.15, 0.2) is 12.0 Å². The number of carbonyl (C=O) groups is 2. The number of rotatable bonds is 11. The van der Waals surface area contributed by atoms with Gasteiger partial charge in [-0.05, 0) is 76.3 Å². The molecule has 3 rings (SSSR count). The summed E-state index contributed by atoms with van der Waals surface area (Å²) in [5.41, 5.74) is 1.58. The summed E-state index contributed by atoms with van der Waals surface area (Å²) < 4.78 is 16.6. The first-order valence-corrected chi connectivity index (χ1v) is 13.2. The molecular weight excluding hydrogens is 500 g/mol. The number of alkyl carbamates (subject to hydrolysis) is 1. The van der Waals surface area contributed by atoms with Gasteiger partial charge in [-0.1, -0.05) is 25.0 Å². The van der Waals surface area contributed by atoms with Gasteiger partial charge < -0.3 is 29.6 Å². The number of carbonyl (C=O) groups excluding carboxylic acids is 2. The Kier molecular flexibility index (Phi) is 10.4. The van der Waals surface area contributed by atoms with Crippen LogP contribution in [0.15, 0.2) is 57.7 Å². The summed E-state index contributed by atoms with van der Waals surface area (Å²) in [6, 6.07) is 3.33. The van der Waals surface area contributed by atoms with Gasteiger partial charge in [-0.25, -0.2) is 4.79 Å². The first kappa shape index (κ1) is 29.5. The van der Waals surface area contributed by atoms with Crippen LogP contribution < -0.4 is 20.8 Å². The Balaban J connectivity index is 1.42. The number of aryl methyl sites for hydroxylation is 1. The molecule has 0 bridgehead atoms. The fourth-order valence-corrected chi connectivity index (χ4v) is 4.07. The number of hydrogen-bond acceptors (Lipinski definition) is 7. The Bertz CT molecular complexity index is 1330. The summed E-state index contributed by atoms with van der Waals surface area (Å²) in [7, 11) is 0. The van der Waals surface area contributed by atoms with E-state index in [1.807, 2.05) is 20.8 Å². The molecule has 3 N–H and O–H groups in total. The predicted molar refractivity (Wildman–Crippen MR) is 151 cm³/mol. The van der Waals surface area contributed by atoms with E-state index in [1.165, 1.54) is 6.26 Å². The van der Waals surface area contributed by atoms with Gasteiger partial charge in [-0.2, -0.15) is 0 Å². The van der Waals surface area contributed by atoms with E-state index in [1.54, 1.807) is 43.4 Å². The van der Waals surface area contributed by atoms with Gasteiger partial charge in [-0.3, -0.25) is 9.59 Å². The molecule has 2 amide bonds. The molecule has 2 aromatic rings. The summed E-state index contributed by atoms with van der Waals surface area (Å²) in [6.07, 6.45) is 11.7. The third-order valence-electron chi connectivity index (χ3n) is 5.94. The molecule has 1 aromatic carbocycles. The van der Waals surface area contributed by atoms with Crippen molar-refractivity contribution in [2.75, 3.05) is 19.7 Å². The smallest absolute Gasteiger partial charge is 0.407 e. The number of amides is 2. The molecule has 0 saturated carbocycles. The quantitative estimate of drug-likeness (QED) is 0.324. The van der Waals surface area contributed by atoms with Crippen molar-refractivity contribution in [1.29, 1.82) is 0 Å². The van der Waals surface area contributed by atoms with Crippen molar-refractivity contribution in [3.8, 4) is 5.75 Å². The van der Waals surface area contributed by atoms with Crippen molar-refractivity contribution in [1.82, 2.24) is 10.6 Å². The van der Waals surface area contributed by atoms with Gasteiger partial charge in [0.2, 0.25) is 0 Å². The number of unbranched alkanes of at least 4 members (excludes halogenated alkanes) is 3. The molecule has 1 aliphatic carbocycles. The lowest BCUT2D eigenvalue weighted by Crippen LogP contribution is -2.33. The Morgan fingerprint density at radius 3 is 2.49 bits per heavy atom. The average Bonchev–Trinajstić information content (AvgIpc) is 3.07. The van der Waals surface area contributed by atoms with Crippen LogP contribution in [-0.4, -0.2) is 42.4 Å². The highest BCUT2D eigenvalue weighted by Gasteiger charge is 2.16. The van der Waals surface area contributed by atoms with Crippen LogP contribution >= 0.6 is 0 Å². The summed E-state index contributed by atoms with van der Waals surface area (Å²) in [5.74, 6) is 0.329. The van der Waals surface area contributed by atoms with Crippen LogP contribution in [-0.2, 0) is 9.53 Å². The third-order valence-corrected chi connectivity index (χ3v) is 5.94. The zero-order chi connectivity index (χ0) is 28.4. The molecule has 1 aromatic heterocycles. The van der Waals surface area contributed by atoms with E-state index in [-0.39, 0.29) is 23.7 Å². The van der Waals surface area contributed by atoms with Gasteiger partial charge >= 0.3 is 6.09 Å². The molecule has 0 aliphatic heterocycles. The topological polar surface area (TPSA) is 127 Å². The Labute approximate surface area is 228 Å². The second kappa shape index (κ2) is 13.7. The first-order chi connectivity index (χ1) is 18.5. The lowest BCUT2D eigenvalue weighted by Gasteiger charge is -2.19. The largest absolute Gasteiger partial charge is 0.508 e. The van der Waals surface area contributed by atoms with Crippen LogP contribution in [0.1, 0.15) is 64.0 Å². The van der Waals surface area contributed by atoms with Crippen molar-refractivity contribution in [2.24, 2.45) is 0 Å². The van der Waals surface area contributed by atoms with Crippen molar-refractivity contribution >= 4 is 28.5 Å². The number of aliphatic hydroxyl groups excluding tert-OH is 1. The highest BCUT2D eigenvalue weighted by Crippen LogP contribution is 2.26. The van der Waals surface area contributed by atoms with Crippen LogP contribution in [0.2, 0.25) is 0 Å². The number of nitrogens with one attached hydrogen (secondary N) is 2. The van der Waals surface area contributed by atoms with Gasteiger partial charge in [0.1, 0.15) is 29.0 Å². The molecule has 0 radical (unpaired) electrons. The number of allylic oxidation sites excluding steroid dienone is 5. The summed E-state index contributed by atoms with van der Waals surface area (Å²) >= 11 is 0. The van der Waals surface area contributed by atoms with Gasteiger partial charge in [0.05, 0.1) is 10.9 Å². The monoisotopic (exact) mass is 538 g/mol. The molecule has 1 heterocycles. The summed E-state index contributed by atoms with van der Waals surface area (Å²) in [6.45, 7) is 8.21. The van der Waals surface area contributed by atoms with Crippen LogP contribution in [0.25, 0.3) is 16.5 Å². The Morgan fingerprint density at radius 2 is 1.77 bits per heavy atom. The molecule has 1 aliphatic rings. The first-order valence-electron chi connectivity index (χ1n) is 13.2. The van der Waals surface area contributed by atoms with Crippen molar-refractivity contribution in [3.63, 3.8) is 0 Å². The number of hydrogen-bond donors (Lipinski definition) is 3. The van der Waals surface area contributed by atoms with Gasteiger partial charge in [-0.15, -0.1) is 0 Å². The van der Waals surface area contributed by atoms with Gasteiger partial charge in [0, 0.05) is 19.2 Å². The van der Waals surface area contributed by atoms with Crippen LogP contribution in [0.5, 0.6) is 5.75 Å². The molecule has 0 atom stereocenters. The minimum Gasteiger partial charge on any atom is -0.508 e. The number of ether oxygens (including phenoxy) is 2. The second-order valence-corrected chi connectivity index (χ2v) is 10.5. The van der Waals surface area contributed by atoms with E-state index in [4.69, 9.17) is 13.9 Å². The van der Waals surface area contributed by atoms with Crippen LogP contribution in [0.3, 0.4) is 0 Å². The van der Waals surface area contributed by atoms with E-state index in [0.717, 1.165) is 31.3 Å². The normalized spacial score (nSPS) is 13.3. The fraction of sp³-hybridized carbons (Fsp3) is 0.433. The maximum absolute atomic E-state index is 13.2.